The number of hydrogen-bond acceptors (Lipinski definition) is 3. The molecule has 0 aliphatic heterocycles. The third-order valence-corrected chi connectivity index (χ3v) is 4.45. The number of aromatic nitrogens is 1. The number of benzene rings is 2. The zero-order valence-electron chi connectivity index (χ0n) is 13.2. The number of carbonyl (C=O) groups excluding carboxylic acids is 1. The number of furan rings is 1. The summed E-state index contributed by atoms with van der Waals surface area (Å²) < 4.78 is 7.14. The van der Waals surface area contributed by atoms with Crippen molar-refractivity contribution in [3.63, 3.8) is 0 Å². The van der Waals surface area contributed by atoms with E-state index in [1.807, 2.05) is 12.1 Å². The van der Waals surface area contributed by atoms with Crippen LogP contribution in [0.4, 0.5) is 0 Å². The number of nitrogens with zero attached hydrogens (tertiary/aromatic N) is 2. The Bertz CT molecular complexity index is 1180. The van der Waals surface area contributed by atoms with Gasteiger partial charge in [0.1, 0.15) is 11.8 Å². The second kappa shape index (κ2) is 6.38. The molecule has 4 rings (SSSR count). The standard InChI is InChI=1S/C20H10Cl2N2O2/c21-14-7-12(8-15(22)9-14)18-5-6-19(26-18)20(25)24-11-13(10-23)16-3-1-2-4-17(16)24/h1-9,11H. The van der Waals surface area contributed by atoms with E-state index in [0.717, 1.165) is 5.39 Å². The van der Waals surface area contributed by atoms with Crippen molar-refractivity contribution in [3.05, 3.63) is 82.2 Å². The Morgan fingerprint density at radius 2 is 1.77 bits per heavy atom. The monoisotopic (exact) mass is 380 g/mol. The van der Waals surface area contributed by atoms with Crippen LogP contribution in [-0.4, -0.2) is 10.5 Å². The Balaban J connectivity index is 1.77. The van der Waals surface area contributed by atoms with Crippen LogP contribution in [0.5, 0.6) is 0 Å². The van der Waals surface area contributed by atoms with Crippen molar-refractivity contribution < 1.29 is 9.21 Å². The summed E-state index contributed by atoms with van der Waals surface area (Å²) in [6, 6.07) is 17.7. The van der Waals surface area contributed by atoms with E-state index in [2.05, 4.69) is 6.07 Å². The van der Waals surface area contributed by atoms with Crippen LogP contribution >= 0.6 is 23.2 Å². The fourth-order valence-electron chi connectivity index (χ4n) is 2.86. The van der Waals surface area contributed by atoms with Crippen LogP contribution in [0.3, 0.4) is 0 Å². The minimum Gasteiger partial charge on any atom is -0.451 e. The molecule has 2 aromatic carbocycles. The van der Waals surface area contributed by atoms with Gasteiger partial charge in [-0.2, -0.15) is 5.26 Å². The van der Waals surface area contributed by atoms with Crippen LogP contribution in [0.15, 0.2) is 65.2 Å². The Morgan fingerprint density at radius 3 is 2.50 bits per heavy atom. The van der Waals surface area contributed by atoms with Gasteiger partial charge < -0.3 is 4.42 Å². The van der Waals surface area contributed by atoms with Crippen LogP contribution in [0.25, 0.3) is 22.2 Å². The van der Waals surface area contributed by atoms with E-state index < -0.39 is 0 Å². The Hall–Kier alpha value is -3.00. The molecule has 0 saturated heterocycles. The number of para-hydroxylation sites is 1. The Morgan fingerprint density at radius 1 is 1.04 bits per heavy atom. The van der Waals surface area contributed by atoms with E-state index in [0.29, 0.717) is 32.4 Å². The molecule has 0 unspecified atom stereocenters. The third-order valence-electron chi connectivity index (χ3n) is 4.02. The molecule has 0 saturated carbocycles. The highest BCUT2D eigenvalue weighted by atomic mass is 35.5. The van der Waals surface area contributed by atoms with Gasteiger partial charge in [-0.1, -0.05) is 41.4 Å². The fourth-order valence-corrected chi connectivity index (χ4v) is 3.39. The van der Waals surface area contributed by atoms with Crippen molar-refractivity contribution in [2.45, 2.75) is 0 Å². The van der Waals surface area contributed by atoms with Crippen molar-refractivity contribution >= 4 is 40.0 Å². The van der Waals surface area contributed by atoms with Crippen molar-refractivity contribution in [2.24, 2.45) is 0 Å². The van der Waals surface area contributed by atoms with Gasteiger partial charge in [-0.25, -0.2) is 0 Å². The SMILES string of the molecule is N#Cc1cn(C(=O)c2ccc(-c3cc(Cl)cc(Cl)c3)o2)c2ccccc12. The van der Waals surface area contributed by atoms with Crippen molar-refractivity contribution in [3.8, 4) is 17.4 Å². The van der Waals surface area contributed by atoms with E-state index in [1.165, 1.54) is 10.8 Å². The van der Waals surface area contributed by atoms with Crippen LogP contribution < -0.4 is 0 Å². The first-order valence-electron chi connectivity index (χ1n) is 7.68. The highest BCUT2D eigenvalue weighted by molar-refractivity contribution is 6.35. The molecule has 6 heteroatoms. The molecule has 0 amide bonds. The molecule has 0 atom stereocenters. The molecule has 126 valence electrons. The van der Waals surface area contributed by atoms with E-state index in [-0.39, 0.29) is 11.7 Å². The van der Waals surface area contributed by atoms with Gasteiger partial charge in [0.2, 0.25) is 0 Å². The highest BCUT2D eigenvalue weighted by Gasteiger charge is 2.18. The number of halogens is 2. The Labute approximate surface area is 158 Å². The van der Waals surface area contributed by atoms with E-state index in [4.69, 9.17) is 27.6 Å². The largest absolute Gasteiger partial charge is 0.451 e. The van der Waals surface area contributed by atoms with Gasteiger partial charge in [0, 0.05) is 27.2 Å². The van der Waals surface area contributed by atoms with E-state index in [9.17, 15) is 10.1 Å². The molecule has 4 nitrogen and oxygen atoms in total. The van der Waals surface area contributed by atoms with Gasteiger partial charge in [0.15, 0.2) is 5.76 Å². The molecule has 0 spiro atoms. The van der Waals surface area contributed by atoms with Gasteiger partial charge in [-0.05, 0) is 36.4 Å². The highest BCUT2D eigenvalue weighted by Crippen LogP contribution is 2.29. The van der Waals surface area contributed by atoms with Gasteiger partial charge in [0.25, 0.3) is 5.91 Å². The lowest BCUT2D eigenvalue weighted by Crippen LogP contribution is -2.09. The molecule has 0 radical (unpaired) electrons. The average Bonchev–Trinajstić information content (AvgIpc) is 3.25. The first-order chi connectivity index (χ1) is 12.6. The summed E-state index contributed by atoms with van der Waals surface area (Å²) in [6.07, 6.45) is 1.52. The van der Waals surface area contributed by atoms with Gasteiger partial charge in [0.05, 0.1) is 11.1 Å². The summed E-state index contributed by atoms with van der Waals surface area (Å²) >= 11 is 12.0. The second-order valence-electron chi connectivity index (χ2n) is 5.67. The van der Waals surface area contributed by atoms with Crippen molar-refractivity contribution in [1.82, 2.24) is 4.57 Å². The second-order valence-corrected chi connectivity index (χ2v) is 6.54. The molecule has 0 N–H and O–H groups in total. The van der Waals surface area contributed by atoms with Crippen LogP contribution in [0.1, 0.15) is 16.1 Å². The number of fused-ring (bicyclic) bond motifs is 1. The molecule has 4 aromatic rings. The zero-order chi connectivity index (χ0) is 18.3. The molecule has 0 aliphatic carbocycles. The summed E-state index contributed by atoms with van der Waals surface area (Å²) in [6.45, 7) is 0. The van der Waals surface area contributed by atoms with Crippen LogP contribution in [0.2, 0.25) is 10.0 Å². The summed E-state index contributed by atoms with van der Waals surface area (Å²) in [7, 11) is 0. The topological polar surface area (TPSA) is 58.9 Å². The quantitative estimate of drug-likeness (QED) is 0.443. The molecule has 0 aliphatic rings. The van der Waals surface area contributed by atoms with Gasteiger partial charge >= 0.3 is 0 Å². The van der Waals surface area contributed by atoms with Crippen LogP contribution in [0, 0.1) is 11.3 Å². The minimum atomic E-state index is -0.359. The predicted molar refractivity (Wildman–Crippen MR) is 101 cm³/mol. The fraction of sp³-hybridized carbons (Fsp3) is 0. The summed E-state index contributed by atoms with van der Waals surface area (Å²) in [5, 5.41) is 11.0. The lowest BCUT2D eigenvalue weighted by Gasteiger charge is -2.02. The average molecular weight is 381 g/mol. The molecule has 0 fully saturated rings. The maximum absolute atomic E-state index is 12.9. The number of carbonyl (C=O) groups is 1. The Kier molecular flexibility index (Phi) is 4.04. The predicted octanol–water partition coefficient (Wildman–Crippen LogP) is 5.77. The first-order valence-corrected chi connectivity index (χ1v) is 8.43. The maximum atomic E-state index is 12.9. The van der Waals surface area contributed by atoms with Gasteiger partial charge in [-0.3, -0.25) is 9.36 Å². The number of hydrogen-bond donors (Lipinski definition) is 0. The summed E-state index contributed by atoms with van der Waals surface area (Å²) in [5.41, 5.74) is 1.76. The summed E-state index contributed by atoms with van der Waals surface area (Å²) in [5.74, 6) is 0.276. The zero-order valence-corrected chi connectivity index (χ0v) is 14.8. The van der Waals surface area contributed by atoms with Crippen LogP contribution in [-0.2, 0) is 0 Å². The maximum Gasteiger partial charge on any atom is 0.298 e. The van der Waals surface area contributed by atoms with E-state index in [1.54, 1.807) is 42.5 Å². The molecular formula is C20H10Cl2N2O2. The first kappa shape index (κ1) is 16.5. The molecular weight excluding hydrogens is 371 g/mol. The minimum absolute atomic E-state index is 0.154. The number of nitriles is 1. The smallest absolute Gasteiger partial charge is 0.298 e. The van der Waals surface area contributed by atoms with Gasteiger partial charge in [-0.15, -0.1) is 0 Å². The lowest BCUT2D eigenvalue weighted by molar-refractivity contribution is 0.0938. The third kappa shape index (κ3) is 2.78. The van der Waals surface area contributed by atoms with E-state index >= 15 is 0 Å². The number of rotatable bonds is 2. The van der Waals surface area contributed by atoms with Crippen molar-refractivity contribution in [2.75, 3.05) is 0 Å². The summed E-state index contributed by atoms with van der Waals surface area (Å²) in [4.78, 5) is 12.9. The molecule has 2 heterocycles. The molecule has 26 heavy (non-hydrogen) atoms. The van der Waals surface area contributed by atoms with Crippen molar-refractivity contribution in [1.29, 1.82) is 5.26 Å². The molecule has 0 bridgehead atoms. The lowest BCUT2D eigenvalue weighted by atomic mass is 10.2. The normalized spacial score (nSPS) is 10.8. The molecule has 2 aromatic heterocycles.